The van der Waals surface area contributed by atoms with E-state index in [2.05, 4.69) is 15.5 Å². The normalized spacial score (nSPS) is 10.7. The monoisotopic (exact) mass is 412 g/mol. The van der Waals surface area contributed by atoms with Crippen LogP contribution < -0.4 is 15.1 Å². The third kappa shape index (κ3) is 5.02. The van der Waals surface area contributed by atoms with Gasteiger partial charge in [-0.1, -0.05) is 0 Å². The van der Waals surface area contributed by atoms with Crippen LogP contribution in [0.5, 0.6) is 5.75 Å². The largest absolute Gasteiger partial charge is 0.497 e. The zero-order valence-corrected chi connectivity index (χ0v) is 16.4. The van der Waals surface area contributed by atoms with Crippen LogP contribution in [-0.4, -0.2) is 30.1 Å². The fourth-order valence-electron chi connectivity index (χ4n) is 2.42. The fourth-order valence-corrected chi connectivity index (χ4v) is 3.26. The zero-order valence-electron chi connectivity index (χ0n) is 15.6. The Hall–Kier alpha value is -3.59. The number of nitrogens with zero attached hydrogens (tertiary/aromatic N) is 3. The first-order valence-corrected chi connectivity index (χ1v) is 9.35. The number of methoxy groups -OCH3 is 1. The molecule has 0 fully saturated rings. The number of amides is 2. The first-order chi connectivity index (χ1) is 14.0. The molecule has 148 valence electrons. The minimum absolute atomic E-state index is 0.197. The molecule has 0 aliphatic rings. The molecule has 1 heterocycles. The van der Waals surface area contributed by atoms with Crippen LogP contribution in [0.15, 0.2) is 59.0 Å². The van der Waals surface area contributed by atoms with Gasteiger partial charge in [-0.3, -0.25) is 14.5 Å². The number of benzene rings is 2. The molecular weight excluding hydrogens is 395 g/mol. The van der Waals surface area contributed by atoms with E-state index in [0.717, 1.165) is 0 Å². The van der Waals surface area contributed by atoms with Gasteiger partial charge in [0, 0.05) is 17.9 Å². The lowest BCUT2D eigenvalue weighted by Crippen LogP contribution is -2.22. The number of carbonyl (C=O) groups is 2. The maximum Gasteiger partial charge on any atom is 0.271 e. The topological polar surface area (TPSA) is 83.9 Å². The Morgan fingerprint density at radius 1 is 1.17 bits per heavy atom. The number of rotatable bonds is 6. The zero-order chi connectivity index (χ0) is 20.8. The highest BCUT2D eigenvalue weighted by Crippen LogP contribution is 2.29. The Bertz CT molecular complexity index is 1030. The molecule has 0 bridgehead atoms. The van der Waals surface area contributed by atoms with E-state index in [1.54, 1.807) is 36.8 Å². The van der Waals surface area contributed by atoms with Crippen molar-refractivity contribution >= 4 is 40.2 Å². The maximum absolute atomic E-state index is 12.9. The summed E-state index contributed by atoms with van der Waals surface area (Å²) in [5.74, 6) is -0.411. The molecule has 9 heteroatoms. The summed E-state index contributed by atoms with van der Waals surface area (Å²) in [5, 5.41) is 6.04. The van der Waals surface area contributed by atoms with Crippen LogP contribution in [0.1, 0.15) is 23.0 Å². The van der Waals surface area contributed by atoms with Gasteiger partial charge in [-0.15, -0.1) is 11.3 Å². The second-order valence-electron chi connectivity index (χ2n) is 5.81. The van der Waals surface area contributed by atoms with E-state index in [1.165, 1.54) is 53.6 Å². The summed E-state index contributed by atoms with van der Waals surface area (Å²) in [5.41, 5.74) is 3.76. The molecular formula is C20H17FN4O3S. The number of hydrogen-bond acceptors (Lipinski definition) is 6. The lowest BCUT2D eigenvalue weighted by molar-refractivity contribution is -0.115. The summed E-state index contributed by atoms with van der Waals surface area (Å²) in [6.45, 7) is 1.45. The molecule has 3 rings (SSSR count). The summed E-state index contributed by atoms with van der Waals surface area (Å²) in [4.78, 5) is 29.9. The standard InChI is InChI=1S/C20H17FN4O3S/c1-13(26)25(17-7-9-18(28-2)10-8-17)20-23-16(12-29-20)11-22-24-19(27)14-3-5-15(21)6-4-14/h3-12H,1-2H3,(H,24,27)/b22-11-. The molecule has 2 aromatic carbocycles. The summed E-state index contributed by atoms with van der Waals surface area (Å²) in [7, 11) is 1.57. The lowest BCUT2D eigenvalue weighted by Gasteiger charge is -2.18. The smallest absolute Gasteiger partial charge is 0.271 e. The average molecular weight is 412 g/mol. The van der Waals surface area contributed by atoms with Crippen molar-refractivity contribution < 1.29 is 18.7 Å². The van der Waals surface area contributed by atoms with E-state index < -0.39 is 11.7 Å². The van der Waals surface area contributed by atoms with Gasteiger partial charge in [0.05, 0.1) is 24.7 Å². The summed E-state index contributed by atoms with van der Waals surface area (Å²) in [6, 6.07) is 12.2. The Balaban J connectivity index is 1.70. The molecule has 3 aromatic rings. The molecule has 7 nitrogen and oxygen atoms in total. The number of nitrogens with one attached hydrogen (secondary N) is 1. The van der Waals surface area contributed by atoms with Crippen molar-refractivity contribution in [1.82, 2.24) is 10.4 Å². The molecule has 0 saturated carbocycles. The Kier molecular flexibility index (Phi) is 6.30. The molecule has 0 radical (unpaired) electrons. The quantitative estimate of drug-likeness (QED) is 0.494. The summed E-state index contributed by atoms with van der Waals surface area (Å²) < 4.78 is 18.0. The number of hydrogen-bond donors (Lipinski definition) is 1. The van der Waals surface area contributed by atoms with Crippen molar-refractivity contribution in [3.63, 3.8) is 0 Å². The molecule has 0 aliphatic carbocycles. The van der Waals surface area contributed by atoms with Gasteiger partial charge in [-0.25, -0.2) is 14.8 Å². The highest BCUT2D eigenvalue weighted by molar-refractivity contribution is 7.14. The van der Waals surface area contributed by atoms with Crippen molar-refractivity contribution in [2.75, 3.05) is 12.0 Å². The second kappa shape index (κ2) is 9.07. The molecule has 1 N–H and O–H groups in total. The van der Waals surface area contributed by atoms with Crippen molar-refractivity contribution in [2.45, 2.75) is 6.92 Å². The molecule has 0 aliphatic heterocycles. The predicted octanol–water partition coefficient (Wildman–Crippen LogP) is 3.74. The van der Waals surface area contributed by atoms with Gasteiger partial charge < -0.3 is 4.74 Å². The van der Waals surface area contributed by atoms with Gasteiger partial charge in [-0.05, 0) is 48.5 Å². The van der Waals surface area contributed by atoms with Crippen molar-refractivity contribution in [1.29, 1.82) is 0 Å². The van der Waals surface area contributed by atoms with Crippen molar-refractivity contribution in [3.05, 3.63) is 71.0 Å². The van der Waals surface area contributed by atoms with Gasteiger partial charge in [0.25, 0.3) is 5.91 Å². The van der Waals surface area contributed by atoms with E-state index >= 15 is 0 Å². The van der Waals surface area contributed by atoms with Crippen molar-refractivity contribution in [2.24, 2.45) is 5.10 Å². The molecule has 2 amide bonds. The van der Waals surface area contributed by atoms with E-state index in [0.29, 0.717) is 22.3 Å². The van der Waals surface area contributed by atoms with Gasteiger partial charge in [0.2, 0.25) is 5.91 Å². The average Bonchev–Trinajstić information content (AvgIpc) is 3.17. The van der Waals surface area contributed by atoms with E-state index in [9.17, 15) is 14.0 Å². The first kappa shape index (κ1) is 20.2. The van der Waals surface area contributed by atoms with E-state index in [-0.39, 0.29) is 11.5 Å². The molecule has 29 heavy (non-hydrogen) atoms. The number of aromatic nitrogens is 1. The number of hydrazone groups is 1. The highest BCUT2D eigenvalue weighted by Gasteiger charge is 2.17. The summed E-state index contributed by atoms with van der Waals surface area (Å²) >= 11 is 1.26. The van der Waals surface area contributed by atoms with E-state index in [4.69, 9.17) is 4.74 Å². The second-order valence-corrected chi connectivity index (χ2v) is 6.65. The van der Waals surface area contributed by atoms with Gasteiger partial charge in [-0.2, -0.15) is 5.10 Å². The number of ether oxygens (including phenoxy) is 1. The molecule has 0 spiro atoms. The molecule has 1 aromatic heterocycles. The molecule has 0 saturated heterocycles. The number of halogens is 1. The number of carbonyl (C=O) groups excluding carboxylic acids is 2. The Morgan fingerprint density at radius 3 is 2.48 bits per heavy atom. The molecule has 0 atom stereocenters. The Labute approximate surface area is 170 Å². The lowest BCUT2D eigenvalue weighted by atomic mass is 10.2. The minimum atomic E-state index is -0.472. The molecule has 0 unspecified atom stereocenters. The first-order valence-electron chi connectivity index (χ1n) is 8.47. The van der Waals surface area contributed by atoms with Crippen LogP contribution in [0.2, 0.25) is 0 Å². The van der Waals surface area contributed by atoms with Crippen LogP contribution in [-0.2, 0) is 4.79 Å². The van der Waals surface area contributed by atoms with Crippen LogP contribution in [0.4, 0.5) is 15.2 Å². The third-order valence-corrected chi connectivity index (χ3v) is 4.66. The van der Waals surface area contributed by atoms with Crippen LogP contribution in [0.25, 0.3) is 0 Å². The van der Waals surface area contributed by atoms with Crippen LogP contribution in [0, 0.1) is 5.82 Å². The fraction of sp³-hybridized carbons (Fsp3) is 0.100. The third-order valence-electron chi connectivity index (χ3n) is 3.82. The van der Waals surface area contributed by atoms with Gasteiger partial charge >= 0.3 is 0 Å². The Morgan fingerprint density at radius 2 is 1.86 bits per heavy atom. The van der Waals surface area contributed by atoms with Gasteiger partial charge in [0.1, 0.15) is 11.6 Å². The SMILES string of the molecule is COc1ccc(N(C(C)=O)c2nc(/C=N\NC(=O)c3ccc(F)cc3)cs2)cc1. The number of thiazole rings is 1. The highest BCUT2D eigenvalue weighted by atomic mass is 32.1. The predicted molar refractivity (Wildman–Crippen MR) is 109 cm³/mol. The maximum atomic E-state index is 12.9. The van der Waals surface area contributed by atoms with Crippen LogP contribution in [0.3, 0.4) is 0 Å². The number of anilines is 2. The van der Waals surface area contributed by atoms with Crippen LogP contribution >= 0.6 is 11.3 Å². The van der Waals surface area contributed by atoms with Gasteiger partial charge in [0.15, 0.2) is 5.13 Å². The minimum Gasteiger partial charge on any atom is -0.497 e. The van der Waals surface area contributed by atoms with E-state index in [1.807, 2.05) is 0 Å². The summed E-state index contributed by atoms with van der Waals surface area (Å²) in [6.07, 6.45) is 1.37. The van der Waals surface area contributed by atoms with Crippen molar-refractivity contribution in [3.8, 4) is 5.75 Å².